The average Bonchev–Trinajstić information content (AvgIpc) is 3.06. The van der Waals surface area contributed by atoms with Crippen LogP contribution in [0.1, 0.15) is 55.6 Å². The zero-order valence-corrected chi connectivity index (χ0v) is 26.8. The van der Waals surface area contributed by atoms with E-state index in [0.29, 0.717) is 0 Å². The van der Waals surface area contributed by atoms with Crippen molar-refractivity contribution < 1.29 is 10.2 Å². The van der Waals surface area contributed by atoms with Gasteiger partial charge in [0.05, 0.1) is 0 Å². The highest BCUT2D eigenvalue weighted by molar-refractivity contribution is 6.02. The maximum Gasteiger partial charge on any atom is 0.141 e. The van der Waals surface area contributed by atoms with Crippen LogP contribution in [0.4, 0.5) is 0 Å². The van der Waals surface area contributed by atoms with Crippen molar-refractivity contribution in [2.24, 2.45) is 0 Å². The van der Waals surface area contributed by atoms with Gasteiger partial charge in [-0.1, -0.05) is 156 Å². The minimum atomic E-state index is -1.38. The lowest BCUT2D eigenvalue weighted by atomic mass is 9.76. The molecule has 0 heterocycles. The normalized spacial score (nSPS) is 12.1. The summed E-state index contributed by atoms with van der Waals surface area (Å²) in [5.41, 5.74) is 6.54. The van der Waals surface area contributed by atoms with Crippen LogP contribution in [-0.2, 0) is 11.2 Å². The van der Waals surface area contributed by atoms with Crippen molar-refractivity contribution in [1.82, 2.24) is 0 Å². The maximum atomic E-state index is 12.9. The van der Waals surface area contributed by atoms with Crippen molar-refractivity contribution in [2.45, 2.75) is 38.9 Å². The first-order chi connectivity index (χ1) is 22.2. The van der Waals surface area contributed by atoms with Gasteiger partial charge in [-0.15, -0.1) is 0 Å². The van der Waals surface area contributed by atoms with Crippen LogP contribution >= 0.6 is 0 Å². The summed E-state index contributed by atoms with van der Waals surface area (Å²) >= 11 is 0. The summed E-state index contributed by atoms with van der Waals surface area (Å²) in [6, 6.07) is 49.3. The summed E-state index contributed by atoms with van der Waals surface area (Å²) < 4.78 is 0. The van der Waals surface area contributed by atoms with E-state index in [1.54, 1.807) is 0 Å². The summed E-state index contributed by atoms with van der Waals surface area (Å²) in [5, 5.41) is 29.8. The number of benzene rings is 7. The van der Waals surface area contributed by atoms with Crippen LogP contribution in [-0.4, -0.2) is 10.2 Å². The largest absolute Gasteiger partial charge is 0.376 e. The Bertz CT molecular complexity index is 1990. The van der Waals surface area contributed by atoms with E-state index in [1.807, 2.05) is 72.8 Å². The number of hydrogen-bond donors (Lipinski definition) is 2. The van der Waals surface area contributed by atoms with Crippen LogP contribution < -0.4 is 0 Å². The molecule has 7 rings (SSSR count). The lowest BCUT2D eigenvalue weighted by Crippen LogP contribution is -2.30. The molecule has 2 N–H and O–H groups in total. The molecule has 7 aromatic rings. The van der Waals surface area contributed by atoms with E-state index in [2.05, 4.69) is 100 Å². The summed E-state index contributed by atoms with van der Waals surface area (Å²) in [7, 11) is 0. The van der Waals surface area contributed by atoms with Gasteiger partial charge in [0.2, 0.25) is 0 Å². The quantitative estimate of drug-likeness (QED) is 0.148. The van der Waals surface area contributed by atoms with E-state index < -0.39 is 11.2 Å². The van der Waals surface area contributed by atoms with Crippen LogP contribution in [0.3, 0.4) is 0 Å². The lowest BCUT2D eigenvalue weighted by Gasteiger charge is -2.33. The molecule has 0 saturated carbocycles. The lowest BCUT2D eigenvalue weighted by molar-refractivity contribution is 0.127. The SMILES string of the molecule is Cc1cccc(C(O)(c2cccc(C)c2)c2cccc3cc4c(C(O)(c5cccc(C)c5)c5cccc(C)c5)cccc4cc23)c1. The van der Waals surface area contributed by atoms with Crippen LogP contribution in [0.15, 0.2) is 146 Å². The second-order valence-electron chi connectivity index (χ2n) is 12.8. The molecule has 0 fully saturated rings. The van der Waals surface area contributed by atoms with Gasteiger partial charge in [-0.05, 0) is 83.6 Å². The second kappa shape index (κ2) is 11.4. The van der Waals surface area contributed by atoms with E-state index in [-0.39, 0.29) is 0 Å². The third-order valence-corrected chi connectivity index (χ3v) is 9.40. The first-order valence-electron chi connectivity index (χ1n) is 15.9. The fourth-order valence-corrected chi connectivity index (χ4v) is 7.12. The maximum absolute atomic E-state index is 12.9. The van der Waals surface area contributed by atoms with Gasteiger partial charge in [-0.25, -0.2) is 0 Å². The zero-order valence-electron chi connectivity index (χ0n) is 26.8. The molecule has 226 valence electrons. The Morgan fingerprint density at radius 2 is 0.630 bits per heavy atom. The van der Waals surface area contributed by atoms with Gasteiger partial charge in [0, 0.05) is 11.1 Å². The Kier molecular flexibility index (Phi) is 7.36. The first-order valence-corrected chi connectivity index (χ1v) is 15.9. The predicted molar refractivity (Wildman–Crippen MR) is 190 cm³/mol. The number of rotatable bonds is 6. The molecule has 2 nitrogen and oxygen atoms in total. The van der Waals surface area contributed by atoms with Crippen LogP contribution in [0.25, 0.3) is 21.5 Å². The monoisotopic (exact) mass is 598 g/mol. The predicted octanol–water partition coefficient (Wildman–Crippen LogP) is 9.80. The van der Waals surface area contributed by atoms with Crippen LogP contribution in [0, 0.1) is 27.7 Å². The number of fused-ring (bicyclic) bond motifs is 2. The molecule has 0 aliphatic rings. The molecule has 0 aromatic heterocycles. The summed E-state index contributed by atoms with van der Waals surface area (Å²) in [6.45, 7) is 8.23. The van der Waals surface area contributed by atoms with Gasteiger partial charge in [0.1, 0.15) is 11.2 Å². The van der Waals surface area contributed by atoms with E-state index in [1.165, 1.54) is 0 Å². The highest BCUT2D eigenvalue weighted by atomic mass is 16.3. The molecule has 0 unspecified atom stereocenters. The Balaban J connectivity index is 1.52. The van der Waals surface area contributed by atoms with Crippen molar-refractivity contribution in [3.63, 3.8) is 0 Å². The van der Waals surface area contributed by atoms with Gasteiger partial charge in [-0.2, -0.15) is 0 Å². The third kappa shape index (κ3) is 4.91. The van der Waals surface area contributed by atoms with Crippen LogP contribution in [0.2, 0.25) is 0 Å². The molecule has 7 aromatic carbocycles. The third-order valence-electron chi connectivity index (χ3n) is 9.40. The molecular weight excluding hydrogens is 560 g/mol. The Hall–Kier alpha value is -5.02. The molecule has 0 bridgehead atoms. The molecule has 0 atom stereocenters. The van der Waals surface area contributed by atoms with E-state index in [0.717, 1.165) is 77.2 Å². The Morgan fingerprint density at radius 1 is 0.348 bits per heavy atom. The Morgan fingerprint density at radius 3 is 0.913 bits per heavy atom. The molecule has 0 radical (unpaired) electrons. The molecule has 0 amide bonds. The fraction of sp³-hybridized carbons (Fsp3) is 0.136. The molecular formula is C44H38O2. The number of aryl methyl sites for hydroxylation is 4. The van der Waals surface area contributed by atoms with E-state index in [4.69, 9.17) is 0 Å². The summed E-state index contributed by atoms with van der Waals surface area (Å²) in [5.74, 6) is 0. The van der Waals surface area contributed by atoms with Crippen molar-refractivity contribution >= 4 is 21.5 Å². The smallest absolute Gasteiger partial charge is 0.141 e. The Labute approximate surface area is 271 Å². The highest BCUT2D eigenvalue weighted by Gasteiger charge is 2.37. The molecule has 46 heavy (non-hydrogen) atoms. The van der Waals surface area contributed by atoms with Crippen molar-refractivity contribution in [3.05, 3.63) is 201 Å². The topological polar surface area (TPSA) is 40.5 Å². The summed E-state index contributed by atoms with van der Waals surface area (Å²) in [6.07, 6.45) is 0. The van der Waals surface area contributed by atoms with Crippen molar-refractivity contribution in [3.8, 4) is 0 Å². The standard InChI is InChI=1S/C44H38O2/c1-29-11-5-17-35(23-29)43(45,36-18-6-12-30(2)24-36)41-21-9-15-33-28-40-34(27-39(33)41)16-10-22-42(40)44(46,37-19-7-13-31(3)25-37)38-20-8-14-32(4)26-38/h5-28,45-46H,1-4H3. The molecule has 0 aliphatic heterocycles. The second-order valence-corrected chi connectivity index (χ2v) is 12.8. The molecule has 0 spiro atoms. The molecule has 0 saturated heterocycles. The minimum absolute atomic E-state index is 0.820. The van der Waals surface area contributed by atoms with Crippen LogP contribution in [0.5, 0.6) is 0 Å². The van der Waals surface area contributed by atoms with Crippen molar-refractivity contribution in [1.29, 1.82) is 0 Å². The van der Waals surface area contributed by atoms with Gasteiger partial charge in [0.15, 0.2) is 0 Å². The number of aliphatic hydroxyl groups is 2. The average molecular weight is 599 g/mol. The molecule has 2 heteroatoms. The van der Waals surface area contributed by atoms with Gasteiger partial charge < -0.3 is 10.2 Å². The zero-order chi connectivity index (χ0) is 32.1. The summed E-state index contributed by atoms with van der Waals surface area (Å²) in [4.78, 5) is 0. The number of hydrogen-bond acceptors (Lipinski definition) is 2. The van der Waals surface area contributed by atoms with E-state index in [9.17, 15) is 10.2 Å². The highest BCUT2D eigenvalue weighted by Crippen LogP contribution is 2.44. The minimum Gasteiger partial charge on any atom is -0.376 e. The van der Waals surface area contributed by atoms with Crippen molar-refractivity contribution in [2.75, 3.05) is 0 Å². The van der Waals surface area contributed by atoms with Gasteiger partial charge >= 0.3 is 0 Å². The first kappa shape index (κ1) is 29.7. The van der Waals surface area contributed by atoms with E-state index >= 15 is 0 Å². The fourth-order valence-electron chi connectivity index (χ4n) is 7.12. The van der Waals surface area contributed by atoms with Gasteiger partial charge in [0.25, 0.3) is 0 Å². The van der Waals surface area contributed by atoms with Gasteiger partial charge in [-0.3, -0.25) is 0 Å². The molecule has 0 aliphatic carbocycles.